The molecule has 5 rings (SSSR count). The molecular formula is C18H31ClN4O2. The van der Waals surface area contributed by atoms with Crippen molar-refractivity contribution in [1.82, 2.24) is 21.3 Å². The Morgan fingerprint density at radius 2 is 1.56 bits per heavy atom. The van der Waals surface area contributed by atoms with Crippen molar-refractivity contribution in [2.45, 2.75) is 50.5 Å². The summed E-state index contributed by atoms with van der Waals surface area (Å²) >= 11 is 0. The van der Waals surface area contributed by atoms with E-state index in [1.54, 1.807) is 0 Å². The van der Waals surface area contributed by atoms with Crippen molar-refractivity contribution in [2.24, 2.45) is 23.7 Å². The first-order valence-corrected chi connectivity index (χ1v) is 9.64. The van der Waals surface area contributed by atoms with Crippen LogP contribution in [0.1, 0.15) is 44.9 Å². The summed E-state index contributed by atoms with van der Waals surface area (Å²) in [5.74, 6) is 3.06. The van der Waals surface area contributed by atoms with Gasteiger partial charge in [0, 0.05) is 44.1 Å². The predicted molar refractivity (Wildman–Crippen MR) is 98.7 cm³/mol. The Kier molecular flexibility index (Phi) is 5.78. The monoisotopic (exact) mass is 370 g/mol. The van der Waals surface area contributed by atoms with Gasteiger partial charge in [0.25, 0.3) is 0 Å². The minimum absolute atomic E-state index is 0. The second-order valence-corrected chi connectivity index (χ2v) is 8.66. The highest BCUT2D eigenvalue weighted by Crippen LogP contribution is 2.55. The van der Waals surface area contributed by atoms with Crippen LogP contribution in [0.2, 0.25) is 0 Å². The summed E-state index contributed by atoms with van der Waals surface area (Å²) in [6.45, 7) is 3.14. The first-order chi connectivity index (χ1) is 11.6. The average Bonchev–Trinajstić information content (AvgIpc) is 2.43. The summed E-state index contributed by atoms with van der Waals surface area (Å²) in [5.41, 5.74) is 0.0400. The number of nitrogens with one attached hydrogen (secondary N) is 4. The Bertz CT molecular complexity index is 474. The van der Waals surface area contributed by atoms with Gasteiger partial charge in [-0.2, -0.15) is 0 Å². The molecule has 3 amide bonds. The molecule has 7 heteroatoms. The van der Waals surface area contributed by atoms with E-state index in [4.69, 9.17) is 0 Å². The fraction of sp³-hybridized carbons (Fsp3) is 0.889. The van der Waals surface area contributed by atoms with E-state index >= 15 is 0 Å². The van der Waals surface area contributed by atoms with E-state index in [-0.39, 0.29) is 29.9 Å². The number of halogens is 1. The van der Waals surface area contributed by atoms with Gasteiger partial charge >= 0.3 is 6.03 Å². The summed E-state index contributed by atoms with van der Waals surface area (Å²) in [4.78, 5) is 24.0. The molecule has 4 aliphatic carbocycles. The van der Waals surface area contributed by atoms with Crippen molar-refractivity contribution in [3.63, 3.8) is 0 Å². The summed E-state index contributed by atoms with van der Waals surface area (Å²) < 4.78 is 0. The van der Waals surface area contributed by atoms with Gasteiger partial charge in [-0.25, -0.2) is 4.79 Å². The number of hydrogen-bond acceptors (Lipinski definition) is 3. The maximum atomic E-state index is 12.3. The van der Waals surface area contributed by atoms with E-state index in [1.807, 2.05) is 0 Å². The molecule has 0 aromatic carbocycles. The maximum Gasteiger partial charge on any atom is 0.315 e. The summed E-state index contributed by atoms with van der Waals surface area (Å²) in [6, 6.07) is -0.0899. The molecule has 4 bridgehead atoms. The molecule has 4 saturated carbocycles. The molecule has 1 aliphatic heterocycles. The molecule has 0 radical (unpaired) electrons. The Hall–Kier alpha value is -1.01. The molecule has 0 aromatic rings. The molecule has 6 nitrogen and oxygen atoms in total. The molecular weight excluding hydrogens is 340 g/mol. The van der Waals surface area contributed by atoms with Crippen LogP contribution in [0.4, 0.5) is 4.79 Å². The van der Waals surface area contributed by atoms with Crippen molar-refractivity contribution in [1.29, 1.82) is 0 Å². The van der Waals surface area contributed by atoms with Gasteiger partial charge in [0.1, 0.15) is 0 Å². The minimum atomic E-state index is -0.0899. The fourth-order valence-electron chi connectivity index (χ4n) is 5.68. The Balaban J connectivity index is 0.00000182. The zero-order chi connectivity index (χ0) is 16.6. The molecule has 1 heterocycles. The number of hydrogen-bond donors (Lipinski definition) is 4. The van der Waals surface area contributed by atoms with Crippen molar-refractivity contribution in [2.75, 3.05) is 26.2 Å². The Labute approximate surface area is 156 Å². The Morgan fingerprint density at radius 3 is 2.08 bits per heavy atom. The van der Waals surface area contributed by atoms with E-state index in [0.717, 1.165) is 56.7 Å². The maximum absolute atomic E-state index is 12.3. The zero-order valence-electron chi connectivity index (χ0n) is 14.8. The lowest BCUT2D eigenvalue weighted by molar-refractivity contribution is -0.121. The van der Waals surface area contributed by atoms with Gasteiger partial charge in [0.2, 0.25) is 5.91 Å². The SMILES string of the molecule is Cl.O=C(CCNC(=O)NC12CC3CC(CC(C3)C1)C2)NCC1CNC1. The summed E-state index contributed by atoms with van der Waals surface area (Å²) in [5, 5.41) is 12.3. The number of rotatable bonds is 6. The van der Waals surface area contributed by atoms with Gasteiger partial charge in [-0.1, -0.05) is 0 Å². The predicted octanol–water partition coefficient (Wildman–Crippen LogP) is 1.40. The summed E-state index contributed by atoms with van der Waals surface area (Å²) in [6.07, 6.45) is 7.94. The first-order valence-electron chi connectivity index (χ1n) is 9.64. The van der Waals surface area contributed by atoms with Crippen molar-refractivity contribution < 1.29 is 9.59 Å². The lowest BCUT2D eigenvalue weighted by atomic mass is 9.53. The van der Waals surface area contributed by atoms with Crippen molar-refractivity contribution >= 4 is 24.3 Å². The molecule has 5 fully saturated rings. The van der Waals surface area contributed by atoms with Crippen molar-refractivity contribution in [3.05, 3.63) is 0 Å². The molecule has 0 unspecified atom stereocenters. The topological polar surface area (TPSA) is 82.3 Å². The quantitative estimate of drug-likeness (QED) is 0.570. The number of amides is 3. The minimum Gasteiger partial charge on any atom is -0.356 e. The van der Waals surface area contributed by atoms with Crippen LogP contribution in [0.5, 0.6) is 0 Å². The number of carbonyl (C=O) groups excluding carboxylic acids is 2. The van der Waals surface area contributed by atoms with Crippen LogP contribution in [0.25, 0.3) is 0 Å². The highest BCUT2D eigenvalue weighted by molar-refractivity contribution is 5.85. The number of carbonyl (C=O) groups is 2. The number of urea groups is 1. The van der Waals surface area contributed by atoms with Crippen LogP contribution in [0.3, 0.4) is 0 Å². The van der Waals surface area contributed by atoms with Crippen molar-refractivity contribution in [3.8, 4) is 0 Å². The van der Waals surface area contributed by atoms with Gasteiger partial charge in [-0.3, -0.25) is 4.79 Å². The third kappa shape index (κ3) is 4.40. The van der Waals surface area contributed by atoms with Crippen LogP contribution < -0.4 is 21.3 Å². The lowest BCUT2D eigenvalue weighted by Crippen LogP contribution is -2.61. The lowest BCUT2D eigenvalue weighted by Gasteiger charge is -2.56. The van der Waals surface area contributed by atoms with Gasteiger partial charge < -0.3 is 21.3 Å². The van der Waals surface area contributed by atoms with E-state index in [9.17, 15) is 9.59 Å². The Morgan fingerprint density at radius 1 is 0.960 bits per heavy atom. The van der Waals surface area contributed by atoms with Gasteiger partial charge in [0.15, 0.2) is 0 Å². The van der Waals surface area contributed by atoms with Crippen LogP contribution >= 0.6 is 12.4 Å². The van der Waals surface area contributed by atoms with E-state index in [2.05, 4.69) is 21.3 Å². The molecule has 0 aromatic heterocycles. The molecule has 1 saturated heterocycles. The van der Waals surface area contributed by atoms with E-state index < -0.39 is 0 Å². The standard InChI is InChI=1S/C18H30N4O2.ClH/c23-16(21-11-15-9-19-10-15)1-2-20-17(24)22-18-6-12-3-13(7-18)5-14(4-12)8-18;/h12-15,19H,1-11H2,(H,21,23)(H2,20,22,24);1H. The van der Waals surface area contributed by atoms with Crippen LogP contribution in [-0.2, 0) is 4.79 Å². The third-order valence-electron chi connectivity index (χ3n) is 6.51. The second kappa shape index (κ2) is 7.70. The van der Waals surface area contributed by atoms with Gasteiger partial charge in [0.05, 0.1) is 0 Å². The van der Waals surface area contributed by atoms with Gasteiger partial charge in [-0.05, 0) is 56.3 Å². The van der Waals surface area contributed by atoms with Crippen LogP contribution in [0, 0.1) is 23.7 Å². The highest BCUT2D eigenvalue weighted by atomic mass is 35.5. The molecule has 142 valence electrons. The molecule has 0 spiro atoms. The third-order valence-corrected chi connectivity index (χ3v) is 6.51. The highest BCUT2D eigenvalue weighted by Gasteiger charge is 2.51. The van der Waals surface area contributed by atoms with E-state index in [0.29, 0.717) is 18.9 Å². The zero-order valence-corrected chi connectivity index (χ0v) is 15.6. The first kappa shape index (κ1) is 18.8. The fourth-order valence-corrected chi connectivity index (χ4v) is 5.68. The second-order valence-electron chi connectivity index (χ2n) is 8.66. The largest absolute Gasteiger partial charge is 0.356 e. The summed E-state index contributed by atoms with van der Waals surface area (Å²) in [7, 11) is 0. The van der Waals surface area contributed by atoms with Gasteiger partial charge in [-0.15, -0.1) is 12.4 Å². The molecule has 0 atom stereocenters. The van der Waals surface area contributed by atoms with E-state index in [1.165, 1.54) is 19.3 Å². The van der Waals surface area contributed by atoms with Crippen LogP contribution in [0.15, 0.2) is 0 Å². The smallest absolute Gasteiger partial charge is 0.315 e. The average molecular weight is 371 g/mol. The molecule has 5 aliphatic rings. The molecule has 4 N–H and O–H groups in total. The molecule has 25 heavy (non-hydrogen) atoms. The van der Waals surface area contributed by atoms with Crippen LogP contribution in [-0.4, -0.2) is 43.7 Å². The normalized spacial score (nSPS) is 35.4.